The lowest BCUT2D eigenvalue weighted by atomic mass is 10.2. The van der Waals surface area contributed by atoms with Crippen LogP contribution in [0.2, 0.25) is 5.02 Å². The summed E-state index contributed by atoms with van der Waals surface area (Å²) in [5.74, 6) is 0.765. The smallest absolute Gasteiger partial charge is 0.274 e. The molecular weight excluding hydrogens is 340 g/mol. The molecule has 0 unspecified atom stereocenters. The summed E-state index contributed by atoms with van der Waals surface area (Å²) in [4.78, 5) is 24.8. The van der Waals surface area contributed by atoms with E-state index >= 15 is 0 Å². The van der Waals surface area contributed by atoms with E-state index in [1.54, 1.807) is 12.4 Å². The zero-order valence-electron chi connectivity index (χ0n) is 14.2. The molecule has 0 aliphatic carbocycles. The fourth-order valence-electron chi connectivity index (χ4n) is 2.66. The number of rotatable bonds is 5. The van der Waals surface area contributed by atoms with Crippen molar-refractivity contribution in [2.45, 2.75) is 6.92 Å². The van der Waals surface area contributed by atoms with Crippen molar-refractivity contribution >= 4 is 17.5 Å². The van der Waals surface area contributed by atoms with Crippen LogP contribution in [0.25, 0.3) is 0 Å². The Labute approximate surface area is 152 Å². The zero-order chi connectivity index (χ0) is 17.6. The number of amides is 1. The lowest BCUT2D eigenvalue weighted by molar-refractivity contribution is 0.0614. The van der Waals surface area contributed by atoms with Crippen LogP contribution in [0.1, 0.15) is 16.2 Å². The van der Waals surface area contributed by atoms with Gasteiger partial charge in [0.15, 0.2) is 0 Å². The number of aryl methyl sites for hydroxylation is 1. The Balaban J connectivity index is 1.41. The van der Waals surface area contributed by atoms with Gasteiger partial charge >= 0.3 is 0 Å². The first-order valence-electron chi connectivity index (χ1n) is 8.30. The molecule has 2 aromatic rings. The second kappa shape index (κ2) is 8.27. The summed E-state index contributed by atoms with van der Waals surface area (Å²) in [7, 11) is 0. The molecule has 0 N–H and O–H groups in total. The average Bonchev–Trinajstić information content (AvgIpc) is 2.64. The van der Waals surface area contributed by atoms with E-state index in [4.69, 9.17) is 16.3 Å². The Kier molecular flexibility index (Phi) is 5.83. The first-order chi connectivity index (χ1) is 12.1. The van der Waals surface area contributed by atoms with Crippen molar-refractivity contribution in [3.8, 4) is 5.75 Å². The minimum atomic E-state index is -0.0513. The molecule has 25 heavy (non-hydrogen) atoms. The van der Waals surface area contributed by atoms with Gasteiger partial charge in [0, 0.05) is 43.9 Å². The Morgan fingerprint density at radius 2 is 1.84 bits per heavy atom. The maximum Gasteiger partial charge on any atom is 0.274 e. The van der Waals surface area contributed by atoms with Gasteiger partial charge in [0.2, 0.25) is 0 Å². The molecule has 1 aliphatic heterocycles. The summed E-state index contributed by atoms with van der Waals surface area (Å²) < 4.78 is 5.72. The predicted molar refractivity (Wildman–Crippen MR) is 96.1 cm³/mol. The number of ether oxygens (including phenoxy) is 1. The number of halogens is 1. The van der Waals surface area contributed by atoms with Crippen LogP contribution in [0.5, 0.6) is 5.75 Å². The van der Waals surface area contributed by atoms with Gasteiger partial charge in [-0.05, 0) is 31.2 Å². The second-order valence-electron chi connectivity index (χ2n) is 5.98. The predicted octanol–water partition coefficient (Wildman–Crippen LogP) is 2.28. The molecule has 2 heterocycles. The Hall–Kier alpha value is -2.18. The molecule has 3 rings (SSSR count). The van der Waals surface area contributed by atoms with Crippen LogP contribution in [-0.2, 0) is 0 Å². The van der Waals surface area contributed by atoms with E-state index < -0.39 is 0 Å². The number of piperazine rings is 1. The number of carbonyl (C=O) groups is 1. The monoisotopic (exact) mass is 360 g/mol. The fourth-order valence-corrected chi connectivity index (χ4v) is 2.79. The molecule has 0 spiro atoms. The fraction of sp³-hybridized carbons (Fsp3) is 0.389. The van der Waals surface area contributed by atoms with Gasteiger partial charge in [0.25, 0.3) is 5.91 Å². The molecule has 132 valence electrons. The van der Waals surface area contributed by atoms with Crippen molar-refractivity contribution in [3.05, 3.63) is 53.1 Å². The summed E-state index contributed by atoms with van der Waals surface area (Å²) in [5.41, 5.74) is 1.21. The number of carbonyl (C=O) groups excluding carboxylic acids is 1. The van der Waals surface area contributed by atoms with Crippen molar-refractivity contribution in [1.29, 1.82) is 0 Å². The van der Waals surface area contributed by atoms with Crippen LogP contribution in [0.4, 0.5) is 0 Å². The molecule has 1 amide bonds. The van der Waals surface area contributed by atoms with Gasteiger partial charge in [-0.1, -0.05) is 11.6 Å². The molecular formula is C18H21ClN4O2. The van der Waals surface area contributed by atoms with Crippen LogP contribution in [0, 0.1) is 6.92 Å². The first kappa shape index (κ1) is 17.6. The highest BCUT2D eigenvalue weighted by atomic mass is 35.5. The highest BCUT2D eigenvalue weighted by Gasteiger charge is 2.22. The van der Waals surface area contributed by atoms with Crippen LogP contribution in [0.15, 0.2) is 36.7 Å². The van der Waals surface area contributed by atoms with E-state index in [1.807, 2.05) is 36.1 Å². The highest BCUT2D eigenvalue weighted by molar-refractivity contribution is 6.30. The van der Waals surface area contributed by atoms with Gasteiger partial charge in [-0.25, -0.2) is 4.98 Å². The SMILES string of the molecule is Cc1cnc(C(=O)N2CCN(CCOc3ccc(Cl)cc3)CC2)cn1. The summed E-state index contributed by atoms with van der Waals surface area (Å²) >= 11 is 5.85. The normalized spacial score (nSPS) is 15.2. The molecule has 0 radical (unpaired) electrons. The minimum Gasteiger partial charge on any atom is -0.492 e. The Morgan fingerprint density at radius 3 is 2.48 bits per heavy atom. The molecule has 7 heteroatoms. The highest BCUT2D eigenvalue weighted by Crippen LogP contribution is 2.15. The zero-order valence-corrected chi connectivity index (χ0v) is 14.9. The van der Waals surface area contributed by atoms with Gasteiger partial charge in [0.05, 0.1) is 11.9 Å². The summed E-state index contributed by atoms with van der Waals surface area (Å²) in [6.45, 7) is 6.33. The number of hydrogen-bond donors (Lipinski definition) is 0. The lowest BCUT2D eigenvalue weighted by Crippen LogP contribution is -2.49. The maximum atomic E-state index is 12.4. The van der Waals surface area contributed by atoms with E-state index in [-0.39, 0.29) is 5.91 Å². The molecule has 0 atom stereocenters. The van der Waals surface area contributed by atoms with Crippen LogP contribution in [-0.4, -0.2) is 65.0 Å². The number of benzene rings is 1. The Morgan fingerprint density at radius 1 is 1.12 bits per heavy atom. The van der Waals surface area contributed by atoms with E-state index in [2.05, 4.69) is 14.9 Å². The van der Waals surface area contributed by atoms with Gasteiger partial charge in [-0.3, -0.25) is 14.7 Å². The number of hydrogen-bond acceptors (Lipinski definition) is 5. The third-order valence-electron chi connectivity index (χ3n) is 4.15. The van der Waals surface area contributed by atoms with Gasteiger partial charge in [-0.15, -0.1) is 0 Å². The summed E-state index contributed by atoms with van der Waals surface area (Å²) in [5, 5.41) is 0.700. The standard InChI is InChI=1S/C18H21ClN4O2/c1-14-12-21-17(13-20-14)18(24)23-8-6-22(7-9-23)10-11-25-16-4-2-15(19)3-5-16/h2-5,12-13H,6-11H2,1H3. The summed E-state index contributed by atoms with van der Waals surface area (Å²) in [6, 6.07) is 7.35. The minimum absolute atomic E-state index is 0.0513. The largest absolute Gasteiger partial charge is 0.492 e. The number of nitrogens with zero attached hydrogens (tertiary/aromatic N) is 4. The molecule has 1 aliphatic rings. The average molecular weight is 361 g/mol. The van der Waals surface area contributed by atoms with Crippen LogP contribution in [0.3, 0.4) is 0 Å². The maximum absolute atomic E-state index is 12.4. The van der Waals surface area contributed by atoms with Gasteiger partial charge < -0.3 is 9.64 Å². The van der Waals surface area contributed by atoms with E-state index in [0.29, 0.717) is 30.4 Å². The molecule has 1 aromatic heterocycles. The lowest BCUT2D eigenvalue weighted by Gasteiger charge is -2.34. The quantitative estimate of drug-likeness (QED) is 0.818. The topological polar surface area (TPSA) is 58.6 Å². The van der Waals surface area contributed by atoms with Crippen molar-refractivity contribution in [3.63, 3.8) is 0 Å². The molecule has 1 aromatic carbocycles. The van der Waals surface area contributed by atoms with Crippen molar-refractivity contribution in [1.82, 2.24) is 19.8 Å². The van der Waals surface area contributed by atoms with E-state index in [9.17, 15) is 4.79 Å². The van der Waals surface area contributed by atoms with Crippen molar-refractivity contribution < 1.29 is 9.53 Å². The second-order valence-corrected chi connectivity index (χ2v) is 6.42. The first-order valence-corrected chi connectivity index (χ1v) is 8.68. The van der Waals surface area contributed by atoms with Gasteiger partial charge in [-0.2, -0.15) is 0 Å². The molecule has 1 fully saturated rings. The number of aromatic nitrogens is 2. The summed E-state index contributed by atoms with van der Waals surface area (Å²) in [6.07, 6.45) is 3.17. The molecule has 0 saturated carbocycles. The van der Waals surface area contributed by atoms with Crippen LogP contribution >= 0.6 is 11.6 Å². The third kappa shape index (κ3) is 4.90. The molecule has 0 bridgehead atoms. The molecule has 1 saturated heterocycles. The Bertz CT molecular complexity index is 698. The third-order valence-corrected chi connectivity index (χ3v) is 4.40. The van der Waals surface area contributed by atoms with Crippen LogP contribution < -0.4 is 4.74 Å². The van der Waals surface area contributed by atoms with Crippen molar-refractivity contribution in [2.24, 2.45) is 0 Å². The van der Waals surface area contributed by atoms with Crippen molar-refractivity contribution in [2.75, 3.05) is 39.3 Å². The van der Waals surface area contributed by atoms with E-state index in [0.717, 1.165) is 31.1 Å². The van der Waals surface area contributed by atoms with E-state index in [1.165, 1.54) is 0 Å². The van der Waals surface area contributed by atoms with Gasteiger partial charge in [0.1, 0.15) is 18.1 Å². The molecule has 6 nitrogen and oxygen atoms in total.